The number of carbonyl (C=O) groups is 2. The van der Waals surface area contributed by atoms with Crippen LogP contribution in [-0.4, -0.2) is 43.9 Å². The molecule has 2 aromatic rings. The molecule has 1 aliphatic heterocycles. The molecular weight excluding hydrogens is 310 g/mol. The fraction of sp³-hybridized carbons (Fsp3) is 0.412. The molecule has 7 heteroatoms. The quantitative estimate of drug-likeness (QED) is 0.897. The third-order valence-electron chi connectivity index (χ3n) is 4.72. The molecule has 3 heterocycles. The first kappa shape index (κ1) is 16.2. The van der Waals surface area contributed by atoms with Crippen LogP contribution >= 0.6 is 0 Å². The highest BCUT2D eigenvalue weighted by Gasteiger charge is 2.36. The molecule has 0 aromatic carbocycles. The SMILES string of the molecule is Cc1cccn2c(=O)c(C(=O)N3CCC[C@@H](C(=O)O)[C@H]3C)cnc12. The Hall–Kier alpha value is -2.70. The lowest BCUT2D eigenvalue weighted by molar-refractivity contribution is -0.144. The van der Waals surface area contributed by atoms with Gasteiger partial charge < -0.3 is 10.0 Å². The largest absolute Gasteiger partial charge is 0.481 e. The minimum atomic E-state index is -0.913. The molecule has 2 atom stereocenters. The highest BCUT2D eigenvalue weighted by atomic mass is 16.4. The molecule has 7 nitrogen and oxygen atoms in total. The molecule has 3 rings (SSSR count). The van der Waals surface area contributed by atoms with E-state index in [9.17, 15) is 19.5 Å². The number of pyridine rings is 1. The van der Waals surface area contributed by atoms with E-state index in [0.29, 0.717) is 25.0 Å². The Bertz CT molecular complexity index is 874. The van der Waals surface area contributed by atoms with Crippen LogP contribution in [0.5, 0.6) is 0 Å². The maximum atomic E-state index is 12.8. The average molecular weight is 329 g/mol. The van der Waals surface area contributed by atoms with Crippen LogP contribution in [0, 0.1) is 12.8 Å². The van der Waals surface area contributed by atoms with E-state index >= 15 is 0 Å². The predicted molar refractivity (Wildman–Crippen MR) is 87.1 cm³/mol. The number of aromatic nitrogens is 2. The van der Waals surface area contributed by atoms with Crippen LogP contribution in [0.4, 0.5) is 0 Å². The van der Waals surface area contributed by atoms with E-state index in [-0.39, 0.29) is 5.56 Å². The van der Waals surface area contributed by atoms with Crippen molar-refractivity contribution in [3.63, 3.8) is 0 Å². The molecule has 1 fully saturated rings. The van der Waals surface area contributed by atoms with Crippen LogP contribution in [-0.2, 0) is 4.79 Å². The molecule has 24 heavy (non-hydrogen) atoms. The van der Waals surface area contributed by atoms with Gasteiger partial charge >= 0.3 is 5.97 Å². The first-order valence-corrected chi connectivity index (χ1v) is 7.92. The van der Waals surface area contributed by atoms with Gasteiger partial charge in [-0.3, -0.25) is 18.8 Å². The van der Waals surface area contributed by atoms with E-state index in [1.807, 2.05) is 13.0 Å². The van der Waals surface area contributed by atoms with Crippen LogP contribution in [0.3, 0.4) is 0 Å². The molecule has 2 aromatic heterocycles. The molecule has 0 unspecified atom stereocenters. The second-order valence-corrected chi connectivity index (χ2v) is 6.19. The van der Waals surface area contributed by atoms with E-state index < -0.39 is 29.4 Å². The smallest absolute Gasteiger partial charge is 0.308 e. The van der Waals surface area contributed by atoms with Crippen LogP contribution in [0.15, 0.2) is 29.3 Å². The molecule has 0 spiro atoms. The monoisotopic (exact) mass is 329 g/mol. The number of hydrogen-bond acceptors (Lipinski definition) is 4. The number of carbonyl (C=O) groups excluding carboxylic acids is 1. The van der Waals surface area contributed by atoms with Gasteiger partial charge in [0.25, 0.3) is 11.5 Å². The van der Waals surface area contributed by atoms with E-state index in [1.165, 1.54) is 15.5 Å². The van der Waals surface area contributed by atoms with Gasteiger partial charge in [-0.05, 0) is 38.3 Å². The van der Waals surface area contributed by atoms with Gasteiger partial charge in [0.15, 0.2) is 0 Å². The molecule has 0 saturated carbocycles. The highest BCUT2D eigenvalue weighted by Crippen LogP contribution is 2.24. The summed E-state index contributed by atoms with van der Waals surface area (Å²) in [6.07, 6.45) is 4.02. The summed E-state index contributed by atoms with van der Waals surface area (Å²) >= 11 is 0. The van der Waals surface area contributed by atoms with Crippen molar-refractivity contribution >= 4 is 17.5 Å². The number of likely N-dealkylation sites (tertiary alicyclic amines) is 1. The Morgan fingerprint density at radius 3 is 2.83 bits per heavy atom. The van der Waals surface area contributed by atoms with Crippen LogP contribution in [0.1, 0.15) is 35.7 Å². The van der Waals surface area contributed by atoms with Crippen LogP contribution in [0.2, 0.25) is 0 Å². The van der Waals surface area contributed by atoms with Gasteiger partial charge in [0.2, 0.25) is 0 Å². The van der Waals surface area contributed by atoms with Crippen molar-refractivity contribution < 1.29 is 14.7 Å². The van der Waals surface area contributed by atoms with Crippen molar-refractivity contribution in [2.45, 2.75) is 32.7 Å². The van der Waals surface area contributed by atoms with Crippen molar-refractivity contribution in [3.05, 3.63) is 46.0 Å². The van der Waals surface area contributed by atoms with Gasteiger partial charge in [0.1, 0.15) is 11.2 Å². The molecule has 1 N–H and O–H groups in total. The number of amides is 1. The number of hydrogen-bond donors (Lipinski definition) is 1. The number of nitrogens with zero attached hydrogens (tertiary/aromatic N) is 3. The molecule has 1 amide bonds. The number of aliphatic carboxylic acids is 1. The number of fused-ring (bicyclic) bond motifs is 1. The van der Waals surface area contributed by atoms with Crippen molar-refractivity contribution in [3.8, 4) is 0 Å². The van der Waals surface area contributed by atoms with E-state index in [1.54, 1.807) is 19.2 Å². The molecular formula is C17H19N3O4. The second-order valence-electron chi connectivity index (χ2n) is 6.19. The Morgan fingerprint density at radius 1 is 1.38 bits per heavy atom. The lowest BCUT2D eigenvalue weighted by Crippen LogP contribution is -2.50. The zero-order chi connectivity index (χ0) is 17.4. The number of rotatable bonds is 2. The predicted octanol–water partition coefficient (Wildman–Crippen LogP) is 1.33. The van der Waals surface area contributed by atoms with Crippen molar-refractivity contribution in [1.82, 2.24) is 14.3 Å². The third-order valence-corrected chi connectivity index (χ3v) is 4.72. The zero-order valence-corrected chi connectivity index (χ0v) is 13.6. The van der Waals surface area contributed by atoms with Crippen molar-refractivity contribution in [2.75, 3.05) is 6.54 Å². The van der Waals surface area contributed by atoms with Crippen LogP contribution < -0.4 is 5.56 Å². The summed E-state index contributed by atoms with van der Waals surface area (Å²) in [5, 5.41) is 9.29. The fourth-order valence-electron chi connectivity index (χ4n) is 3.31. The maximum absolute atomic E-state index is 12.8. The number of carboxylic acids is 1. The minimum Gasteiger partial charge on any atom is -0.481 e. The number of piperidine rings is 1. The van der Waals surface area contributed by atoms with E-state index in [2.05, 4.69) is 4.98 Å². The molecule has 0 bridgehead atoms. The van der Waals surface area contributed by atoms with E-state index in [4.69, 9.17) is 0 Å². The summed E-state index contributed by atoms with van der Waals surface area (Å²) in [5.41, 5.74) is 0.884. The van der Waals surface area contributed by atoms with Gasteiger partial charge in [-0.1, -0.05) is 6.07 Å². The average Bonchev–Trinajstić information content (AvgIpc) is 2.55. The number of carboxylic acid groups (broad SMARTS) is 1. The second kappa shape index (κ2) is 6.07. The van der Waals surface area contributed by atoms with E-state index in [0.717, 1.165) is 5.56 Å². The van der Waals surface area contributed by atoms with Gasteiger partial charge in [-0.25, -0.2) is 4.98 Å². The normalized spacial score (nSPS) is 21.0. The maximum Gasteiger partial charge on any atom is 0.308 e. The van der Waals surface area contributed by atoms with Gasteiger partial charge in [-0.15, -0.1) is 0 Å². The van der Waals surface area contributed by atoms with Crippen molar-refractivity contribution in [2.24, 2.45) is 5.92 Å². The van der Waals surface area contributed by atoms with Gasteiger partial charge in [-0.2, -0.15) is 0 Å². The number of aryl methyl sites for hydroxylation is 1. The van der Waals surface area contributed by atoms with Gasteiger partial charge in [0, 0.05) is 25.0 Å². The standard InChI is InChI=1S/C17H19N3O4/c1-10-5-3-8-20-14(10)18-9-13(16(20)22)15(21)19-7-4-6-12(11(19)2)17(23)24/h3,5,8-9,11-12H,4,6-7H2,1-2H3,(H,23,24)/t11-,12-/m1/s1. The Labute approximate surface area is 138 Å². The Morgan fingerprint density at radius 2 is 2.12 bits per heavy atom. The zero-order valence-electron chi connectivity index (χ0n) is 13.6. The first-order valence-electron chi connectivity index (χ1n) is 7.92. The summed E-state index contributed by atoms with van der Waals surface area (Å²) in [6.45, 7) is 4.00. The lowest BCUT2D eigenvalue weighted by atomic mass is 9.90. The molecule has 0 radical (unpaired) electrons. The third kappa shape index (κ3) is 2.55. The molecule has 126 valence electrons. The topological polar surface area (TPSA) is 92.0 Å². The Balaban J connectivity index is 2.01. The molecule has 1 aliphatic rings. The van der Waals surface area contributed by atoms with Gasteiger partial charge in [0.05, 0.1) is 5.92 Å². The van der Waals surface area contributed by atoms with Crippen LogP contribution in [0.25, 0.3) is 5.65 Å². The molecule has 1 saturated heterocycles. The summed E-state index contributed by atoms with van der Waals surface area (Å²) in [5.74, 6) is -1.98. The first-order chi connectivity index (χ1) is 11.4. The summed E-state index contributed by atoms with van der Waals surface area (Å²) in [7, 11) is 0. The molecule has 0 aliphatic carbocycles. The minimum absolute atomic E-state index is 0.0315. The summed E-state index contributed by atoms with van der Waals surface area (Å²) in [4.78, 5) is 42.5. The lowest BCUT2D eigenvalue weighted by Gasteiger charge is -2.37. The Kier molecular flexibility index (Phi) is 4.09. The summed E-state index contributed by atoms with van der Waals surface area (Å²) in [6, 6.07) is 3.11. The summed E-state index contributed by atoms with van der Waals surface area (Å²) < 4.78 is 1.35. The van der Waals surface area contributed by atoms with Crippen molar-refractivity contribution in [1.29, 1.82) is 0 Å². The fourth-order valence-corrected chi connectivity index (χ4v) is 3.31. The highest BCUT2D eigenvalue weighted by molar-refractivity contribution is 5.94.